The number of nitrogens with one attached hydrogen (secondary N) is 1. The summed E-state index contributed by atoms with van der Waals surface area (Å²) in [5.41, 5.74) is 0.729. The third-order valence-corrected chi connectivity index (χ3v) is 4.99. The van der Waals surface area contributed by atoms with Gasteiger partial charge in [-0.3, -0.25) is 9.48 Å². The largest absolute Gasteiger partial charge is 0.497 e. The lowest BCUT2D eigenvalue weighted by molar-refractivity contribution is -0.142. The molecule has 4 aromatic rings. The molecule has 4 rings (SSSR count). The van der Waals surface area contributed by atoms with Gasteiger partial charge in [-0.25, -0.2) is 9.50 Å². The molecule has 0 aliphatic rings. The topological polar surface area (TPSA) is 86.3 Å². The number of nitrogens with zero attached hydrogens (tertiary/aromatic N) is 5. The Balaban J connectivity index is 1.73. The highest BCUT2D eigenvalue weighted by molar-refractivity contribution is 5.99. The molecule has 1 N–H and O–H groups in total. The molecule has 11 heteroatoms. The highest BCUT2D eigenvalue weighted by Crippen LogP contribution is 2.33. The van der Waals surface area contributed by atoms with Crippen molar-refractivity contribution in [1.82, 2.24) is 29.7 Å². The molecular weight excluding hydrogens is 425 g/mol. The van der Waals surface area contributed by atoms with Gasteiger partial charge >= 0.3 is 6.18 Å². The summed E-state index contributed by atoms with van der Waals surface area (Å²) in [6.07, 6.45) is -3.62. The van der Waals surface area contributed by atoms with E-state index in [2.05, 4.69) is 20.5 Å². The molecule has 0 aliphatic heterocycles. The minimum absolute atomic E-state index is 0.0578. The molecule has 0 spiro atoms. The van der Waals surface area contributed by atoms with Gasteiger partial charge in [-0.2, -0.15) is 23.4 Å². The maximum atomic E-state index is 13.7. The van der Waals surface area contributed by atoms with Gasteiger partial charge in [-0.05, 0) is 43.3 Å². The Kier molecular flexibility index (Phi) is 5.33. The summed E-state index contributed by atoms with van der Waals surface area (Å²) in [5.74, 6) is -0.0455. The van der Waals surface area contributed by atoms with Gasteiger partial charge in [-0.1, -0.05) is 0 Å². The summed E-state index contributed by atoms with van der Waals surface area (Å²) in [5, 5.41) is 10.7. The smallest absolute Gasteiger partial charge is 0.433 e. The number of benzene rings is 1. The van der Waals surface area contributed by atoms with Crippen molar-refractivity contribution in [1.29, 1.82) is 0 Å². The van der Waals surface area contributed by atoms with Crippen molar-refractivity contribution in [3.05, 3.63) is 65.2 Å². The number of amides is 1. The molecule has 0 unspecified atom stereocenters. The van der Waals surface area contributed by atoms with E-state index in [-0.39, 0.29) is 23.4 Å². The molecule has 32 heavy (non-hydrogen) atoms. The van der Waals surface area contributed by atoms with Gasteiger partial charge < -0.3 is 10.1 Å². The van der Waals surface area contributed by atoms with Crippen LogP contribution in [0.3, 0.4) is 0 Å². The molecular formula is C21H19F3N6O2. The van der Waals surface area contributed by atoms with E-state index < -0.39 is 17.8 Å². The van der Waals surface area contributed by atoms with Crippen molar-refractivity contribution >= 4 is 11.6 Å². The maximum Gasteiger partial charge on any atom is 0.433 e. The molecule has 0 radical (unpaired) electrons. The van der Waals surface area contributed by atoms with Crippen LogP contribution in [-0.2, 0) is 19.8 Å². The number of halogens is 3. The lowest BCUT2D eigenvalue weighted by atomic mass is 10.1. The third-order valence-electron chi connectivity index (χ3n) is 4.99. The zero-order chi connectivity index (χ0) is 23.0. The van der Waals surface area contributed by atoms with Crippen LogP contribution < -0.4 is 10.1 Å². The molecule has 0 saturated heterocycles. The van der Waals surface area contributed by atoms with Gasteiger partial charge in [0.1, 0.15) is 11.3 Å². The van der Waals surface area contributed by atoms with Crippen LogP contribution >= 0.6 is 0 Å². The molecule has 0 bridgehead atoms. The van der Waals surface area contributed by atoms with E-state index >= 15 is 0 Å². The molecule has 0 fully saturated rings. The van der Waals surface area contributed by atoms with Crippen molar-refractivity contribution in [2.45, 2.75) is 19.6 Å². The average molecular weight is 444 g/mol. The van der Waals surface area contributed by atoms with Crippen LogP contribution in [0.4, 0.5) is 13.2 Å². The Morgan fingerprint density at radius 2 is 1.91 bits per heavy atom. The second kappa shape index (κ2) is 7.98. The van der Waals surface area contributed by atoms with E-state index in [1.165, 1.54) is 7.11 Å². The van der Waals surface area contributed by atoms with Gasteiger partial charge in [0, 0.05) is 18.3 Å². The molecule has 8 nitrogen and oxygen atoms in total. The van der Waals surface area contributed by atoms with Crippen LogP contribution in [0.15, 0.2) is 42.6 Å². The van der Waals surface area contributed by atoms with Crippen LogP contribution in [0, 0.1) is 6.92 Å². The van der Waals surface area contributed by atoms with Gasteiger partial charge in [-0.15, -0.1) is 0 Å². The molecule has 0 atom stereocenters. The number of aromatic nitrogens is 5. The van der Waals surface area contributed by atoms with E-state index in [0.717, 1.165) is 18.0 Å². The Bertz CT molecular complexity index is 1270. The van der Waals surface area contributed by atoms with E-state index in [0.29, 0.717) is 21.5 Å². The molecule has 3 aromatic heterocycles. The number of hydrogen-bond acceptors (Lipinski definition) is 5. The number of fused-ring (bicyclic) bond motifs is 1. The quantitative estimate of drug-likeness (QED) is 0.510. The fourth-order valence-electron chi connectivity index (χ4n) is 3.22. The number of aryl methyl sites for hydroxylation is 2. The van der Waals surface area contributed by atoms with Crippen LogP contribution in [-0.4, -0.2) is 37.4 Å². The van der Waals surface area contributed by atoms with Crippen LogP contribution in [0.2, 0.25) is 0 Å². The standard InChI is InChI=1S/C21H19F3N6O2/c1-12-8-14(28-29(12)2)10-25-20(31)16-11-26-30-18(21(22,23)24)9-17(27-19(16)30)13-4-6-15(32-3)7-5-13/h4-9,11H,10H2,1-3H3,(H,25,31). The number of methoxy groups -OCH3 is 1. The summed E-state index contributed by atoms with van der Waals surface area (Å²) in [6, 6.07) is 9.13. The zero-order valence-corrected chi connectivity index (χ0v) is 17.4. The Morgan fingerprint density at radius 1 is 1.19 bits per heavy atom. The molecule has 0 saturated carbocycles. The van der Waals surface area contributed by atoms with E-state index in [9.17, 15) is 18.0 Å². The van der Waals surface area contributed by atoms with Crippen LogP contribution in [0.5, 0.6) is 5.75 Å². The molecule has 166 valence electrons. The van der Waals surface area contributed by atoms with Gasteiger partial charge in [0.25, 0.3) is 5.91 Å². The number of carbonyl (C=O) groups excluding carboxylic acids is 1. The zero-order valence-electron chi connectivity index (χ0n) is 17.4. The predicted octanol–water partition coefficient (Wildman–Crippen LogP) is 3.40. The number of carbonyl (C=O) groups is 1. The van der Waals surface area contributed by atoms with E-state index in [4.69, 9.17) is 4.74 Å². The Labute approximate surface area is 180 Å². The van der Waals surface area contributed by atoms with Crippen LogP contribution in [0.25, 0.3) is 16.9 Å². The Morgan fingerprint density at radius 3 is 2.50 bits per heavy atom. The number of ether oxygens (including phenoxy) is 1. The summed E-state index contributed by atoms with van der Waals surface area (Å²) in [4.78, 5) is 17.0. The van der Waals surface area contributed by atoms with Crippen molar-refractivity contribution in [2.75, 3.05) is 7.11 Å². The SMILES string of the molecule is COc1ccc(-c2cc(C(F)(F)F)n3ncc(C(=O)NCc4cc(C)n(C)n4)c3n2)cc1. The monoisotopic (exact) mass is 444 g/mol. The maximum absolute atomic E-state index is 13.7. The molecule has 1 amide bonds. The van der Waals surface area contributed by atoms with Crippen molar-refractivity contribution in [3.8, 4) is 17.0 Å². The van der Waals surface area contributed by atoms with E-state index in [1.54, 1.807) is 42.1 Å². The van der Waals surface area contributed by atoms with Gasteiger partial charge in [0.15, 0.2) is 11.3 Å². The molecule has 0 aliphatic carbocycles. The highest BCUT2D eigenvalue weighted by Gasteiger charge is 2.36. The number of hydrogen-bond donors (Lipinski definition) is 1. The Hall–Kier alpha value is -3.89. The summed E-state index contributed by atoms with van der Waals surface area (Å²) >= 11 is 0. The summed E-state index contributed by atoms with van der Waals surface area (Å²) < 4.78 is 48.6. The average Bonchev–Trinajstić information content (AvgIpc) is 3.33. The van der Waals surface area contributed by atoms with Crippen LogP contribution in [0.1, 0.15) is 27.4 Å². The molecule has 1 aromatic carbocycles. The third kappa shape index (κ3) is 4.01. The fraction of sp³-hybridized carbons (Fsp3) is 0.238. The summed E-state index contributed by atoms with van der Waals surface area (Å²) in [6.45, 7) is 1.98. The minimum atomic E-state index is -4.70. The molecule has 3 heterocycles. The second-order valence-corrected chi connectivity index (χ2v) is 7.13. The van der Waals surface area contributed by atoms with Gasteiger partial charge in [0.05, 0.1) is 31.2 Å². The van der Waals surface area contributed by atoms with Gasteiger partial charge in [0.2, 0.25) is 0 Å². The lowest BCUT2D eigenvalue weighted by Crippen LogP contribution is -2.23. The number of alkyl halides is 3. The van der Waals surface area contributed by atoms with Crippen molar-refractivity contribution < 1.29 is 22.7 Å². The predicted molar refractivity (Wildman–Crippen MR) is 109 cm³/mol. The first-order valence-corrected chi connectivity index (χ1v) is 9.55. The van der Waals surface area contributed by atoms with E-state index in [1.807, 2.05) is 6.92 Å². The second-order valence-electron chi connectivity index (χ2n) is 7.13. The first kappa shape index (κ1) is 21.3. The highest BCUT2D eigenvalue weighted by atomic mass is 19.4. The first-order chi connectivity index (χ1) is 15.2. The fourth-order valence-corrected chi connectivity index (χ4v) is 3.22. The first-order valence-electron chi connectivity index (χ1n) is 9.55. The minimum Gasteiger partial charge on any atom is -0.497 e. The van der Waals surface area contributed by atoms with Crippen molar-refractivity contribution in [2.24, 2.45) is 7.05 Å². The normalized spacial score (nSPS) is 11.7. The lowest BCUT2D eigenvalue weighted by Gasteiger charge is -2.12. The van der Waals surface area contributed by atoms with Crippen molar-refractivity contribution in [3.63, 3.8) is 0 Å². The summed E-state index contributed by atoms with van der Waals surface area (Å²) in [7, 11) is 3.26. The number of rotatable bonds is 5.